The highest BCUT2D eigenvalue weighted by Gasteiger charge is 2.12. The van der Waals surface area contributed by atoms with Crippen LogP contribution in [0.4, 0.5) is 10.1 Å². The Morgan fingerprint density at radius 2 is 2.00 bits per heavy atom. The molecule has 1 N–H and O–H groups in total. The molecule has 0 bridgehead atoms. The predicted octanol–water partition coefficient (Wildman–Crippen LogP) is 1.34. The summed E-state index contributed by atoms with van der Waals surface area (Å²) in [5.41, 5.74) is 0.510. The molecule has 1 aromatic heterocycles. The van der Waals surface area contributed by atoms with Gasteiger partial charge in [0.05, 0.1) is 0 Å². The molecule has 0 radical (unpaired) electrons. The molecule has 0 aliphatic carbocycles. The second-order valence-corrected chi connectivity index (χ2v) is 4.34. The van der Waals surface area contributed by atoms with Crippen molar-refractivity contribution < 1.29 is 8.81 Å². The van der Waals surface area contributed by atoms with Gasteiger partial charge in [0.1, 0.15) is 5.58 Å². The first-order valence-corrected chi connectivity index (χ1v) is 5.93. The molecule has 0 unspecified atom stereocenters. The van der Waals surface area contributed by atoms with Crippen LogP contribution in [0.25, 0.3) is 11.0 Å². The van der Waals surface area contributed by atoms with Gasteiger partial charge in [0.25, 0.3) is 0 Å². The molecule has 1 aliphatic heterocycles. The first-order chi connectivity index (χ1) is 8.74. The van der Waals surface area contributed by atoms with Crippen LogP contribution in [0.1, 0.15) is 0 Å². The Morgan fingerprint density at radius 3 is 2.78 bits per heavy atom. The standard InChI is InChI=1S/C13H13FN2O2/c14-11-7-9-1-2-10(8-12(9)18-13(11)17)16-5-3-15-4-6-16/h1-2,7-8,15H,3-6H2. The highest BCUT2D eigenvalue weighted by Crippen LogP contribution is 2.21. The van der Waals surface area contributed by atoms with Crippen molar-refractivity contribution in [2.24, 2.45) is 0 Å². The highest BCUT2D eigenvalue weighted by molar-refractivity contribution is 5.80. The SMILES string of the molecule is O=c1oc2cc(N3CCNCC3)ccc2cc1F. The van der Waals surface area contributed by atoms with E-state index in [1.54, 1.807) is 12.1 Å². The maximum Gasteiger partial charge on any atom is 0.372 e. The second kappa shape index (κ2) is 4.42. The van der Waals surface area contributed by atoms with E-state index >= 15 is 0 Å². The third-order valence-corrected chi connectivity index (χ3v) is 3.16. The van der Waals surface area contributed by atoms with Crippen molar-refractivity contribution in [2.45, 2.75) is 0 Å². The van der Waals surface area contributed by atoms with Crippen LogP contribution in [0.3, 0.4) is 0 Å². The number of nitrogens with zero attached hydrogens (tertiary/aromatic N) is 1. The van der Waals surface area contributed by atoms with E-state index in [2.05, 4.69) is 10.2 Å². The lowest BCUT2D eigenvalue weighted by molar-refractivity contribution is 0.487. The minimum atomic E-state index is -0.917. The quantitative estimate of drug-likeness (QED) is 0.774. The van der Waals surface area contributed by atoms with Crippen molar-refractivity contribution in [1.29, 1.82) is 0 Å². The predicted molar refractivity (Wildman–Crippen MR) is 67.5 cm³/mol. The van der Waals surface area contributed by atoms with E-state index in [0.29, 0.717) is 11.0 Å². The van der Waals surface area contributed by atoms with Crippen molar-refractivity contribution >= 4 is 16.7 Å². The summed E-state index contributed by atoms with van der Waals surface area (Å²) in [6.45, 7) is 3.70. The van der Waals surface area contributed by atoms with Gasteiger partial charge >= 0.3 is 5.63 Å². The van der Waals surface area contributed by atoms with Gasteiger partial charge < -0.3 is 14.6 Å². The molecular weight excluding hydrogens is 235 g/mol. The molecule has 3 rings (SSSR count). The fourth-order valence-corrected chi connectivity index (χ4v) is 2.19. The van der Waals surface area contributed by atoms with Crippen molar-refractivity contribution in [1.82, 2.24) is 5.32 Å². The number of fused-ring (bicyclic) bond motifs is 1. The zero-order valence-corrected chi connectivity index (χ0v) is 9.78. The van der Waals surface area contributed by atoms with Crippen LogP contribution in [0, 0.1) is 5.82 Å². The Morgan fingerprint density at radius 1 is 1.22 bits per heavy atom. The number of halogens is 1. The third-order valence-electron chi connectivity index (χ3n) is 3.16. The van der Waals surface area contributed by atoms with Crippen molar-refractivity contribution in [3.8, 4) is 0 Å². The van der Waals surface area contributed by atoms with Crippen molar-refractivity contribution in [3.05, 3.63) is 40.5 Å². The monoisotopic (exact) mass is 248 g/mol. The summed E-state index contributed by atoms with van der Waals surface area (Å²) in [6.07, 6.45) is 0. The van der Waals surface area contributed by atoms with Gasteiger partial charge in [-0.3, -0.25) is 0 Å². The van der Waals surface area contributed by atoms with E-state index in [0.717, 1.165) is 31.9 Å². The lowest BCUT2D eigenvalue weighted by Crippen LogP contribution is -2.43. The Kier molecular flexibility index (Phi) is 2.76. The van der Waals surface area contributed by atoms with Crippen LogP contribution in [0.15, 0.2) is 33.5 Å². The zero-order chi connectivity index (χ0) is 12.5. The topological polar surface area (TPSA) is 45.5 Å². The molecule has 1 aromatic carbocycles. The van der Waals surface area contributed by atoms with E-state index in [9.17, 15) is 9.18 Å². The number of anilines is 1. The molecule has 1 fully saturated rings. The molecule has 0 atom stereocenters. The lowest BCUT2D eigenvalue weighted by Gasteiger charge is -2.29. The normalized spacial score (nSPS) is 16.2. The molecule has 1 saturated heterocycles. The van der Waals surface area contributed by atoms with E-state index < -0.39 is 11.4 Å². The minimum absolute atomic E-state index is 0.428. The van der Waals surface area contributed by atoms with Crippen LogP contribution in [-0.2, 0) is 0 Å². The smallest absolute Gasteiger partial charge is 0.372 e. The Bertz CT molecular complexity index is 632. The van der Waals surface area contributed by atoms with Crippen LogP contribution < -0.4 is 15.8 Å². The number of rotatable bonds is 1. The van der Waals surface area contributed by atoms with Crippen LogP contribution in [0.5, 0.6) is 0 Å². The largest absolute Gasteiger partial charge is 0.421 e. The van der Waals surface area contributed by atoms with Crippen molar-refractivity contribution in [3.63, 3.8) is 0 Å². The molecule has 1 aliphatic rings. The van der Waals surface area contributed by atoms with E-state index in [1.807, 2.05) is 6.07 Å². The summed E-state index contributed by atoms with van der Waals surface area (Å²) in [6, 6.07) is 6.70. The van der Waals surface area contributed by atoms with E-state index in [4.69, 9.17) is 4.42 Å². The molecule has 2 aromatic rings. The Balaban J connectivity index is 2.04. The molecule has 2 heterocycles. The maximum atomic E-state index is 13.1. The van der Waals surface area contributed by atoms with Gasteiger partial charge in [0, 0.05) is 43.3 Å². The van der Waals surface area contributed by atoms with Gasteiger partial charge in [0.2, 0.25) is 5.82 Å². The van der Waals surface area contributed by atoms with Gasteiger partial charge in [0.15, 0.2) is 0 Å². The third kappa shape index (κ3) is 1.97. The number of benzene rings is 1. The van der Waals surface area contributed by atoms with Crippen molar-refractivity contribution in [2.75, 3.05) is 31.1 Å². The fraction of sp³-hybridized carbons (Fsp3) is 0.308. The summed E-state index contributed by atoms with van der Waals surface area (Å²) in [5, 5.41) is 3.88. The summed E-state index contributed by atoms with van der Waals surface area (Å²) >= 11 is 0. The maximum absolute atomic E-state index is 13.1. The Hall–Kier alpha value is -1.88. The van der Waals surface area contributed by atoms with E-state index in [1.165, 1.54) is 6.07 Å². The molecule has 0 spiro atoms. The molecule has 94 valence electrons. The lowest BCUT2D eigenvalue weighted by atomic mass is 10.2. The number of nitrogens with one attached hydrogen (secondary N) is 1. The molecule has 4 nitrogen and oxygen atoms in total. The number of hydrogen-bond donors (Lipinski definition) is 1. The van der Waals surface area contributed by atoms with Gasteiger partial charge in [-0.2, -0.15) is 4.39 Å². The van der Waals surface area contributed by atoms with Gasteiger partial charge in [-0.15, -0.1) is 0 Å². The zero-order valence-electron chi connectivity index (χ0n) is 9.78. The fourth-order valence-electron chi connectivity index (χ4n) is 2.19. The van der Waals surface area contributed by atoms with Gasteiger partial charge in [-0.1, -0.05) is 0 Å². The number of hydrogen-bond acceptors (Lipinski definition) is 4. The molecule has 5 heteroatoms. The van der Waals surface area contributed by atoms with Gasteiger partial charge in [-0.25, -0.2) is 4.79 Å². The van der Waals surface area contributed by atoms with Gasteiger partial charge in [-0.05, 0) is 18.2 Å². The van der Waals surface area contributed by atoms with Crippen LogP contribution in [-0.4, -0.2) is 26.2 Å². The Labute approximate surface area is 103 Å². The van der Waals surface area contributed by atoms with Crippen LogP contribution in [0.2, 0.25) is 0 Å². The van der Waals surface area contributed by atoms with Crippen LogP contribution >= 0.6 is 0 Å². The average Bonchev–Trinajstić information content (AvgIpc) is 2.41. The first kappa shape index (κ1) is 11.2. The minimum Gasteiger partial charge on any atom is -0.421 e. The first-order valence-electron chi connectivity index (χ1n) is 5.93. The summed E-state index contributed by atoms with van der Waals surface area (Å²) in [7, 11) is 0. The summed E-state index contributed by atoms with van der Waals surface area (Å²) < 4.78 is 18.0. The summed E-state index contributed by atoms with van der Waals surface area (Å²) in [5.74, 6) is -0.850. The summed E-state index contributed by atoms with van der Waals surface area (Å²) in [4.78, 5) is 13.4. The number of piperazine rings is 1. The molecule has 18 heavy (non-hydrogen) atoms. The second-order valence-electron chi connectivity index (χ2n) is 4.34. The molecule has 0 amide bonds. The average molecular weight is 248 g/mol. The molecular formula is C13H13FN2O2. The van der Waals surface area contributed by atoms with E-state index in [-0.39, 0.29) is 0 Å². The highest BCUT2D eigenvalue weighted by atomic mass is 19.1. The molecule has 0 saturated carbocycles.